The van der Waals surface area contributed by atoms with Crippen LogP contribution in [0.1, 0.15) is 26.7 Å². The van der Waals surface area contributed by atoms with Crippen molar-refractivity contribution in [3.05, 3.63) is 24.5 Å². The fraction of sp³-hybridized carbons (Fsp3) is 0.500. The lowest BCUT2D eigenvalue weighted by Crippen LogP contribution is -2.35. The largest absolute Gasteiger partial charge is 0.353 e. The summed E-state index contributed by atoms with van der Waals surface area (Å²) in [5, 5.41) is 12.3. The predicted octanol–water partition coefficient (Wildman–Crippen LogP) is 2.37. The zero-order valence-electron chi connectivity index (χ0n) is 13.4. The minimum atomic E-state index is 0.0607. The number of nitrogens with zero attached hydrogens (tertiary/aromatic N) is 4. The molecule has 2 aromatic heterocycles. The van der Waals surface area contributed by atoms with Crippen LogP contribution < -0.4 is 5.32 Å². The molecule has 23 heavy (non-hydrogen) atoms. The molecule has 0 unspecified atom stereocenters. The summed E-state index contributed by atoms with van der Waals surface area (Å²) in [4.78, 5) is 16.1. The van der Waals surface area contributed by atoms with Gasteiger partial charge in [-0.3, -0.25) is 9.78 Å². The van der Waals surface area contributed by atoms with Crippen LogP contribution in [0.2, 0.25) is 0 Å². The number of pyridine rings is 1. The molecule has 1 aliphatic rings. The number of thioether (sulfide) groups is 1. The van der Waals surface area contributed by atoms with Gasteiger partial charge in [0, 0.05) is 30.5 Å². The van der Waals surface area contributed by atoms with Crippen molar-refractivity contribution in [2.45, 2.75) is 44.4 Å². The molecular formula is C16H21N5OS. The highest BCUT2D eigenvalue weighted by molar-refractivity contribution is 7.99. The summed E-state index contributed by atoms with van der Waals surface area (Å²) in [6.45, 7) is 4.89. The Morgan fingerprint density at radius 2 is 2.13 bits per heavy atom. The van der Waals surface area contributed by atoms with Gasteiger partial charge in [0.1, 0.15) is 0 Å². The third-order valence-electron chi connectivity index (χ3n) is 4.02. The highest BCUT2D eigenvalue weighted by Gasteiger charge is 2.28. The lowest BCUT2D eigenvalue weighted by Gasteiger charge is -2.12. The number of hydrogen-bond acceptors (Lipinski definition) is 5. The lowest BCUT2D eigenvalue weighted by molar-refractivity contribution is -0.119. The van der Waals surface area contributed by atoms with E-state index >= 15 is 0 Å². The molecular weight excluding hydrogens is 310 g/mol. The molecule has 122 valence electrons. The van der Waals surface area contributed by atoms with Gasteiger partial charge >= 0.3 is 0 Å². The van der Waals surface area contributed by atoms with E-state index in [0.29, 0.717) is 11.7 Å². The standard InChI is InChI=1S/C16H21N5OS/c1-3-21-15(13-6-8-17-9-7-13)19-20-16(21)23-10-14(22)18-11(2)12-4-5-12/h6-9,11-12H,3-5,10H2,1-2H3,(H,18,22)/t11-/m0/s1. The summed E-state index contributed by atoms with van der Waals surface area (Å²) < 4.78 is 2.03. The Bertz CT molecular complexity index is 668. The molecule has 1 amide bonds. The first-order valence-corrected chi connectivity index (χ1v) is 8.93. The van der Waals surface area contributed by atoms with E-state index in [4.69, 9.17) is 0 Å². The molecule has 1 aliphatic carbocycles. The van der Waals surface area contributed by atoms with Crippen molar-refractivity contribution in [2.24, 2.45) is 5.92 Å². The maximum atomic E-state index is 12.0. The Hall–Kier alpha value is -1.89. The summed E-state index contributed by atoms with van der Waals surface area (Å²) >= 11 is 1.43. The van der Waals surface area contributed by atoms with Gasteiger partial charge in [0.05, 0.1) is 5.75 Å². The SMILES string of the molecule is CCn1c(SCC(=O)N[C@@H](C)C2CC2)nnc1-c1ccncc1. The monoisotopic (exact) mass is 331 g/mol. The topological polar surface area (TPSA) is 72.7 Å². The quantitative estimate of drug-likeness (QED) is 0.789. The van der Waals surface area contributed by atoms with Gasteiger partial charge in [-0.1, -0.05) is 11.8 Å². The Morgan fingerprint density at radius 1 is 1.39 bits per heavy atom. The van der Waals surface area contributed by atoms with E-state index in [2.05, 4.69) is 27.4 Å². The van der Waals surface area contributed by atoms with Crippen LogP contribution in [0.15, 0.2) is 29.7 Å². The number of aromatic nitrogens is 4. The van der Waals surface area contributed by atoms with Gasteiger partial charge in [0.25, 0.3) is 0 Å². The molecule has 3 rings (SSSR count). The van der Waals surface area contributed by atoms with E-state index < -0.39 is 0 Å². The highest BCUT2D eigenvalue weighted by atomic mass is 32.2. The predicted molar refractivity (Wildman–Crippen MR) is 90.0 cm³/mol. The van der Waals surface area contributed by atoms with Crippen LogP contribution in [0.3, 0.4) is 0 Å². The smallest absolute Gasteiger partial charge is 0.230 e. The van der Waals surface area contributed by atoms with E-state index in [9.17, 15) is 4.79 Å². The molecule has 1 saturated carbocycles. The number of amides is 1. The van der Waals surface area contributed by atoms with Crippen molar-refractivity contribution in [1.29, 1.82) is 0 Å². The second kappa shape index (κ2) is 7.12. The number of rotatable bonds is 7. The molecule has 2 heterocycles. The Labute approximate surface area is 140 Å². The van der Waals surface area contributed by atoms with E-state index in [1.54, 1.807) is 12.4 Å². The van der Waals surface area contributed by atoms with Crippen molar-refractivity contribution < 1.29 is 4.79 Å². The van der Waals surface area contributed by atoms with Crippen molar-refractivity contribution in [3.8, 4) is 11.4 Å². The van der Waals surface area contributed by atoms with Crippen LogP contribution in [-0.2, 0) is 11.3 Å². The first kappa shape index (κ1) is 16.0. The molecule has 0 spiro atoms. The van der Waals surface area contributed by atoms with E-state index in [1.807, 2.05) is 23.6 Å². The van der Waals surface area contributed by atoms with Gasteiger partial charge in [0.15, 0.2) is 11.0 Å². The maximum absolute atomic E-state index is 12.0. The fourth-order valence-electron chi connectivity index (χ4n) is 2.53. The highest BCUT2D eigenvalue weighted by Crippen LogP contribution is 2.32. The number of carbonyl (C=O) groups excluding carboxylic acids is 1. The summed E-state index contributed by atoms with van der Waals surface area (Å²) in [6, 6.07) is 4.10. The number of carbonyl (C=O) groups is 1. The average molecular weight is 331 g/mol. The fourth-order valence-corrected chi connectivity index (χ4v) is 3.35. The summed E-state index contributed by atoms with van der Waals surface area (Å²) in [5.41, 5.74) is 0.980. The Morgan fingerprint density at radius 3 is 2.78 bits per heavy atom. The van der Waals surface area contributed by atoms with Crippen LogP contribution in [-0.4, -0.2) is 37.5 Å². The summed E-state index contributed by atoms with van der Waals surface area (Å²) in [6.07, 6.45) is 5.94. The molecule has 0 aliphatic heterocycles. The van der Waals surface area contributed by atoms with E-state index in [1.165, 1.54) is 24.6 Å². The van der Waals surface area contributed by atoms with Crippen molar-refractivity contribution in [1.82, 2.24) is 25.1 Å². The Balaban J connectivity index is 1.64. The van der Waals surface area contributed by atoms with Gasteiger partial charge in [-0.05, 0) is 44.7 Å². The van der Waals surface area contributed by atoms with Gasteiger partial charge < -0.3 is 9.88 Å². The van der Waals surface area contributed by atoms with E-state index in [-0.39, 0.29) is 11.9 Å². The molecule has 0 saturated heterocycles. The normalized spacial score (nSPS) is 15.4. The molecule has 1 N–H and O–H groups in total. The van der Waals surface area contributed by atoms with Gasteiger partial charge in [-0.2, -0.15) is 0 Å². The molecule has 0 bridgehead atoms. The second-order valence-corrected chi connectivity index (χ2v) is 6.71. The van der Waals surface area contributed by atoms with Crippen LogP contribution in [0.5, 0.6) is 0 Å². The van der Waals surface area contributed by atoms with Crippen LogP contribution in [0.4, 0.5) is 0 Å². The summed E-state index contributed by atoms with van der Waals surface area (Å²) in [7, 11) is 0. The van der Waals surface area contributed by atoms with E-state index in [0.717, 1.165) is 23.1 Å². The van der Waals surface area contributed by atoms with Gasteiger partial charge in [-0.25, -0.2) is 0 Å². The minimum Gasteiger partial charge on any atom is -0.353 e. The maximum Gasteiger partial charge on any atom is 0.230 e. The summed E-state index contributed by atoms with van der Waals surface area (Å²) in [5.74, 6) is 1.90. The lowest BCUT2D eigenvalue weighted by atomic mass is 10.2. The molecule has 2 aromatic rings. The van der Waals surface area contributed by atoms with Crippen molar-refractivity contribution >= 4 is 17.7 Å². The van der Waals surface area contributed by atoms with Crippen molar-refractivity contribution in [3.63, 3.8) is 0 Å². The third-order valence-corrected chi connectivity index (χ3v) is 4.99. The Kier molecular flexibility index (Phi) is 4.95. The first-order valence-electron chi connectivity index (χ1n) is 7.94. The first-order chi connectivity index (χ1) is 11.2. The molecule has 7 heteroatoms. The zero-order valence-corrected chi connectivity index (χ0v) is 14.2. The third kappa shape index (κ3) is 3.90. The van der Waals surface area contributed by atoms with Gasteiger partial charge in [0.2, 0.25) is 5.91 Å². The van der Waals surface area contributed by atoms with Crippen molar-refractivity contribution in [2.75, 3.05) is 5.75 Å². The minimum absolute atomic E-state index is 0.0607. The van der Waals surface area contributed by atoms with Crippen LogP contribution in [0.25, 0.3) is 11.4 Å². The molecule has 0 radical (unpaired) electrons. The van der Waals surface area contributed by atoms with Gasteiger partial charge in [-0.15, -0.1) is 10.2 Å². The van der Waals surface area contributed by atoms with Crippen LogP contribution >= 0.6 is 11.8 Å². The van der Waals surface area contributed by atoms with Crippen LogP contribution in [0, 0.1) is 5.92 Å². The number of nitrogens with one attached hydrogen (secondary N) is 1. The molecule has 6 nitrogen and oxygen atoms in total. The second-order valence-electron chi connectivity index (χ2n) is 5.77. The number of hydrogen-bond donors (Lipinski definition) is 1. The average Bonchev–Trinajstić information content (AvgIpc) is 3.34. The zero-order chi connectivity index (χ0) is 16.2. The molecule has 1 atom stereocenters. The molecule has 1 fully saturated rings. The molecule has 0 aromatic carbocycles.